The summed E-state index contributed by atoms with van der Waals surface area (Å²) in [6, 6.07) is 1.43. The predicted molar refractivity (Wildman–Crippen MR) is 55.8 cm³/mol. The molecule has 0 bridgehead atoms. The van der Waals surface area contributed by atoms with E-state index in [9.17, 15) is 19.3 Å². The molecule has 1 N–H and O–H groups in total. The average molecular weight is 241 g/mol. The highest BCUT2D eigenvalue weighted by molar-refractivity contribution is 5.87. The molecule has 0 aromatic heterocycles. The van der Waals surface area contributed by atoms with Crippen molar-refractivity contribution in [1.29, 1.82) is 0 Å². The van der Waals surface area contributed by atoms with Crippen LogP contribution in [0.15, 0.2) is 18.2 Å². The third kappa shape index (κ3) is 3.00. The van der Waals surface area contributed by atoms with E-state index in [0.717, 1.165) is 25.3 Å². The molecule has 0 aliphatic heterocycles. The van der Waals surface area contributed by atoms with Crippen LogP contribution in [0.5, 0.6) is 5.75 Å². The minimum atomic E-state index is -0.881. The van der Waals surface area contributed by atoms with E-state index in [1.807, 2.05) is 0 Å². The molecule has 0 aliphatic rings. The SMILES string of the molecule is COC(=O)C=Cc1cc([N+](=O)[O-])c(O)cc1F. The lowest BCUT2D eigenvalue weighted by Gasteiger charge is -2.00. The minimum Gasteiger partial charge on any atom is -0.502 e. The van der Waals surface area contributed by atoms with Crippen LogP contribution < -0.4 is 0 Å². The molecule has 1 rings (SSSR count). The van der Waals surface area contributed by atoms with Crippen molar-refractivity contribution < 1.29 is 24.0 Å². The number of phenolic OH excluding ortho intramolecular Hbond substituents is 1. The van der Waals surface area contributed by atoms with Crippen LogP contribution in [0.1, 0.15) is 5.56 Å². The molecule has 7 heteroatoms. The van der Waals surface area contributed by atoms with Crippen molar-refractivity contribution in [3.05, 3.63) is 39.7 Å². The number of hydrogen-bond donors (Lipinski definition) is 1. The number of hydrogen-bond acceptors (Lipinski definition) is 5. The Bertz CT molecular complexity index is 498. The third-order valence-corrected chi connectivity index (χ3v) is 1.89. The largest absolute Gasteiger partial charge is 0.502 e. The number of rotatable bonds is 3. The number of phenols is 1. The number of methoxy groups -OCH3 is 1. The van der Waals surface area contributed by atoms with Gasteiger partial charge in [0.1, 0.15) is 5.82 Å². The van der Waals surface area contributed by atoms with Gasteiger partial charge in [-0.25, -0.2) is 9.18 Å². The van der Waals surface area contributed by atoms with Gasteiger partial charge in [-0.3, -0.25) is 10.1 Å². The average Bonchev–Trinajstić information content (AvgIpc) is 2.26. The second-order valence-corrected chi connectivity index (χ2v) is 2.98. The number of esters is 1. The summed E-state index contributed by atoms with van der Waals surface area (Å²) in [6.07, 6.45) is 1.94. The zero-order valence-electron chi connectivity index (χ0n) is 8.71. The fraction of sp³-hybridized carbons (Fsp3) is 0.100. The van der Waals surface area contributed by atoms with Gasteiger partial charge < -0.3 is 9.84 Å². The highest BCUT2D eigenvalue weighted by Gasteiger charge is 2.16. The second-order valence-electron chi connectivity index (χ2n) is 2.98. The molecule has 1 aromatic carbocycles. The lowest BCUT2D eigenvalue weighted by atomic mass is 10.1. The number of ether oxygens (including phenoxy) is 1. The van der Waals surface area contributed by atoms with E-state index in [4.69, 9.17) is 5.11 Å². The van der Waals surface area contributed by atoms with Gasteiger partial charge in [0.15, 0.2) is 5.75 Å². The maximum atomic E-state index is 13.3. The molecule has 0 unspecified atom stereocenters. The monoisotopic (exact) mass is 241 g/mol. The molecule has 90 valence electrons. The second kappa shape index (κ2) is 5.06. The zero-order chi connectivity index (χ0) is 13.0. The molecule has 0 radical (unpaired) electrons. The van der Waals surface area contributed by atoms with E-state index >= 15 is 0 Å². The number of benzene rings is 1. The molecule has 0 aliphatic carbocycles. The van der Waals surface area contributed by atoms with Crippen molar-refractivity contribution in [3.8, 4) is 5.75 Å². The van der Waals surface area contributed by atoms with E-state index in [0.29, 0.717) is 6.07 Å². The maximum absolute atomic E-state index is 13.3. The van der Waals surface area contributed by atoms with E-state index < -0.39 is 28.1 Å². The van der Waals surface area contributed by atoms with Gasteiger partial charge in [0.2, 0.25) is 0 Å². The van der Waals surface area contributed by atoms with Gasteiger partial charge in [-0.15, -0.1) is 0 Å². The van der Waals surface area contributed by atoms with Crippen LogP contribution in [0.2, 0.25) is 0 Å². The van der Waals surface area contributed by atoms with E-state index in [2.05, 4.69) is 4.74 Å². The minimum absolute atomic E-state index is 0.195. The first kappa shape index (κ1) is 12.6. The van der Waals surface area contributed by atoms with Crippen LogP contribution in [-0.2, 0) is 9.53 Å². The van der Waals surface area contributed by atoms with Crippen LogP contribution >= 0.6 is 0 Å². The third-order valence-electron chi connectivity index (χ3n) is 1.89. The Morgan fingerprint density at radius 2 is 2.24 bits per heavy atom. The van der Waals surface area contributed by atoms with Crippen LogP contribution in [0.25, 0.3) is 6.08 Å². The molecule has 0 saturated heterocycles. The van der Waals surface area contributed by atoms with Crippen molar-refractivity contribution in [2.75, 3.05) is 7.11 Å². The fourth-order valence-corrected chi connectivity index (χ4v) is 1.07. The lowest BCUT2D eigenvalue weighted by molar-refractivity contribution is -0.385. The van der Waals surface area contributed by atoms with Gasteiger partial charge in [-0.2, -0.15) is 0 Å². The summed E-state index contributed by atoms with van der Waals surface area (Å²) >= 11 is 0. The van der Waals surface area contributed by atoms with Crippen molar-refractivity contribution in [1.82, 2.24) is 0 Å². The molecule has 0 spiro atoms. The van der Waals surface area contributed by atoms with Crippen molar-refractivity contribution in [2.45, 2.75) is 0 Å². The molecule has 0 heterocycles. The summed E-state index contributed by atoms with van der Waals surface area (Å²) in [5.41, 5.74) is -0.837. The van der Waals surface area contributed by atoms with Gasteiger partial charge in [0.05, 0.1) is 12.0 Å². The zero-order valence-corrected chi connectivity index (χ0v) is 8.71. The molecule has 0 saturated carbocycles. The number of nitrogens with zero attached hydrogens (tertiary/aromatic N) is 1. The number of nitro groups is 1. The molecular weight excluding hydrogens is 233 g/mol. The van der Waals surface area contributed by atoms with E-state index in [1.165, 1.54) is 0 Å². The molecular formula is C10H8FNO5. The van der Waals surface area contributed by atoms with Gasteiger partial charge in [-0.1, -0.05) is 0 Å². The normalized spacial score (nSPS) is 10.5. The Morgan fingerprint density at radius 3 is 2.76 bits per heavy atom. The Balaban J connectivity index is 3.16. The number of halogens is 1. The Morgan fingerprint density at radius 1 is 1.59 bits per heavy atom. The molecule has 0 atom stereocenters. The number of carbonyl (C=O) groups is 1. The number of carbonyl (C=O) groups excluding carboxylic acids is 1. The fourth-order valence-electron chi connectivity index (χ4n) is 1.07. The summed E-state index contributed by atoms with van der Waals surface area (Å²) in [5.74, 6) is -2.38. The topological polar surface area (TPSA) is 89.7 Å². The van der Waals surface area contributed by atoms with Gasteiger partial charge in [0, 0.05) is 23.8 Å². The molecule has 6 nitrogen and oxygen atoms in total. The summed E-state index contributed by atoms with van der Waals surface area (Å²) in [4.78, 5) is 20.4. The summed E-state index contributed by atoms with van der Waals surface area (Å²) in [6.45, 7) is 0. The van der Waals surface area contributed by atoms with Gasteiger partial charge >= 0.3 is 11.7 Å². The van der Waals surface area contributed by atoms with Crippen LogP contribution in [0.3, 0.4) is 0 Å². The van der Waals surface area contributed by atoms with Crippen molar-refractivity contribution in [2.24, 2.45) is 0 Å². The van der Waals surface area contributed by atoms with E-state index in [1.54, 1.807) is 0 Å². The molecule has 0 fully saturated rings. The predicted octanol–water partition coefficient (Wildman–Crippen LogP) is 1.63. The lowest BCUT2D eigenvalue weighted by Crippen LogP contribution is -1.95. The van der Waals surface area contributed by atoms with Crippen molar-refractivity contribution >= 4 is 17.7 Å². The molecule has 1 aromatic rings. The van der Waals surface area contributed by atoms with Crippen molar-refractivity contribution in [3.63, 3.8) is 0 Å². The number of nitro benzene ring substituents is 1. The quantitative estimate of drug-likeness (QED) is 0.376. The Labute approximate surface area is 95.1 Å². The highest BCUT2D eigenvalue weighted by Crippen LogP contribution is 2.29. The summed E-state index contributed by atoms with van der Waals surface area (Å²) in [5, 5.41) is 19.6. The highest BCUT2D eigenvalue weighted by atomic mass is 19.1. The standard InChI is InChI=1S/C10H8FNO5/c1-17-10(14)3-2-6-4-8(12(15)16)9(13)5-7(6)11/h2-5,13H,1H3. The first-order valence-corrected chi connectivity index (χ1v) is 4.38. The first-order valence-electron chi connectivity index (χ1n) is 4.38. The molecule has 17 heavy (non-hydrogen) atoms. The summed E-state index contributed by atoms with van der Waals surface area (Å²) in [7, 11) is 1.14. The van der Waals surface area contributed by atoms with Crippen LogP contribution in [0, 0.1) is 15.9 Å². The van der Waals surface area contributed by atoms with Crippen LogP contribution in [0.4, 0.5) is 10.1 Å². The smallest absolute Gasteiger partial charge is 0.330 e. The van der Waals surface area contributed by atoms with Gasteiger partial charge in [-0.05, 0) is 6.08 Å². The van der Waals surface area contributed by atoms with E-state index in [-0.39, 0.29) is 5.56 Å². The van der Waals surface area contributed by atoms with Crippen LogP contribution in [-0.4, -0.2) is 23.1 Å². The molecule has 0 amide bonds. The number of aromatic hydroxyl groups is 1. The Kier molecular flexibility index (Phi) is 3.76. The summed E-state index contributed by atoms with van der Waals surface area (Å²) < 4.78 is 17.5. The first-order chi connectivity index (χ1) is 7.95. The Hall–Kier alpha value is -2.44. The maximum Gasteiger partial charge on any atom is 0.330 e. The van der Waals surface area contributed by atoms with Gasteiger partial charge in [0.25, 0.3) is 0 Å².